The smallest absolute Gasteiger partial charge is 0.260 e. The number of hydrogen-bond donors (Lipinski definition) is 4. The first kappa shape index (κ1) is 43.5. The fraction of sp³-hybridized carbons (Fsp3) is 0.844. The summed E-state index contributed by atoms with van der Waals surface area (Å²) >= 11 is 0. The van der Waals surface area contributed by atoms with E-state index in [-0.39, 0.29) is 51.7 Å². The van der Waals surface area contributed by atoms with Crippen molar-refractivity contribution in [3.8, 4) is 0 Å². The maximum absolute atomic E-state index is 15.4. The Bertz CT molecular complexity index is 1660. The summed E-state index contributed by atoms with van der Waals surface area (Å²) in [6, 6.07) is -3.48. The van der Waals surface area contributed by atoms with Gasteiger partial charge in [0.05, 0.1) is 12.6 Å². The fourth-order valence-corrected chi connectivity index (χ4v) is 13.1. The van der Waals surface area contributed by atoms with E-state index in [1.165, 1.54) is 4.90 Å². The minimum Gasteiger partial charge on any atom is -0.381 e. The van der Waals surface area contributed by atoms with Crippen LogP contribution in [0.5, 0.6) is 0 Å². The fourth-order valence-electron chi connectivity index (χ4n) is 13.1. The van der Waals surface area contributed by atoms with Gasteiger partial charge >= 0.3 is 0 Å². The predicted molar refractivity (Wildman–Crippen MR) is 220 cm³/mol. The molecular formula is C45H69F2N7O6. The number of hydrogen-bond acceptors (Lipinski definition) is 8. The second-order valence-electron chi connectivity index (χ2n) is 20.3. The van der Waals surface area contributed by atoms with Crippen LogP contribution in [-0.2, 0) is 28.7 Å². The molecule has 0 aromatic carbocycles. The Morgan fingerprint density at radius 3 is 2.15 bits per heavy atom. The predicted octanol–water partition coefficient (Wildman–Crippen LogP) is 4.07. The van der Waals surface area contributed by atoms with Crippen LogP contribution in [0.1, 0.15) is 123 Å². The summed E-state index contributed by atoms with van der Waals surface area (Å²) in [7, 11) is 0. The number of carbonyl (C=O) groups excluding carboxylic acids is 5. The Hall–Kier alpha value is -3.17. The standard InChI is InChI=1S/C45H69F2N7O6/c1-4-31-25-45(31,41(59)51-53-20-8-9-21-53)50-38(56)34-26-44(42(2,3)43(44)17-11-18-43)28-54(34)40(58)32(24-29-15-22-60-23-16-29)48-39(57)36(30-12-6-5-7-13-30)49-37(55)33-14-10-19-52(33)27-35(46)47/h4,29-36H,1,5-28H2,2-3H3,(H,48,57)(H,49,55)(H,50,56)(H,51,59)/t31-,32+,33+,34?,36?,44?,45-/m1/s1. The summed E-state index contributed by atoms with van der Waals surface area (Å²) in [5.74, 6) is -2.11. The number of likely N-dealkylation sites (tertiary alicyclic amines) is 2. The van der Waals surface area contributed by atoms with E-state index >= 15 is 4.79 Å². The Balaban J connectivity index is 1.06. The van der Waals surface area contributed by atoms with Crippen LogP contribution in [0.2, 0.25) is 0 Å². The van der Waals surface area contributed by atoms with Gasteiger partial charge in [-0.25, -0.2) is 13.8 Å². The van der Waals surface area contributed by atoms with Crippen molar-refractivity contribution in [1.82, 2.24) is 36.2 Å². The van der Waals surface area contributed by atoms with Crippen LogP contribution in [-0.4, -0.2) is 126 Å². The van der Waals surface area contributed by atoms with E-state index in [0.717, 1.165) is 90.1 Å². The largest absolute Gasteiger partial charge is 0.381 e. The van der Waals surface area contributed by atoms with Gasteiger partial charge in [-0.1, -0.05) is 45.6 Å². The Morgan fingerprint density at radius 2 is 1.53 bits per heavy atom. The monoisotopic (exact) mass is 842 g/mol. The molecule has 15 heteroatoms. The number of ether oxygens (including phenoxy) is 1. The van der Waals surface area contributed by atoms with E-state index in [2.05, 4.69) is 41.8 Å². The summed E-state index contributed by atoms with van der Waals surface area (Å²) < 4.78 is 32.6. The topological polar surface area (TPSA) is 152 Å². The van der Waals surface area contributed by atoms with Gasteiger partial charge in [0.2, 0.25) is 23.6 Å². The van der Waals surface area contributed by atoms with Gasteiger partial charge in [-0.3, -0.25) is 34.3 Å². The lowest BCUT2D eigenvalue weighted by atomic mass is 9.73. The number of alkyl halides is 2. The summed E-state index contributed by atoms with van der Waals surface area (Å²) in [5, 5.41) is 11.2. The zero-order valence-electron chi connectivity index (χ0n) is 35.9. The van der Waals surface area contributed by atoms with Crippen LogP contribution in [0.4, 0.5) is 8.78 Å². The summed E-state index contributed by atoms with van der Waals surface area (Å²) in [6.07, 6.45) is 12.4. The van der Waals surface area contributed by atoms with Crippen LogP contribution >= 0.6 is 0 Å². The minimum atomic E-state index is -2.57. The molecule has 4 aliphatic carbocycles. The van der Waals surface area contributed by atoms with Gasteiger partial charge in [0, 0.05) is 44.2 Å². The molecule has 4 aliphatic heterocycles. The molecule has 8 aliphatic rings. The number of fused-ring (bicyclic) bond motifs is 1. The summed E-state index contributed by atoms with van der Waals surface area (Å²) in [6.45, 7) is 11.4. The highest BCUT2D eigenvalue weighted by Crippen LogP contribution is 2.88. The van der Waals surface area contributed by atoms with Gasteiger partial charge in [0.15, 0.2) is 0 Å². The molecule has 60 heavy (non-hydrogen) atoms. The highest BCUT2D eigenvalue weighted by molar-refractivity contribution is 5.99. The molecule has 7 atom stereocenters. The zero-order valence-corrected chi connectivity index (χ0v) is 35.9. The highest BCUT2D eigenvalue weighted by Gasteiger charge is 2.85. The third-order valence-corrected chi connectivity index (χ3v) is 17.1. The Labute approximate surface area is 354 Å². The third-order valence-electron chi connectivity index (χ3n) is 17.1. The molecule has 0 aromatic heterocycles. The number of nitrogens with zero attached hydrogens (tertiary/aromatic N) is 3. The molecule has 0 radical (unpaired) electrons. The van der Waals surface area contributed by atoms with Crippen molar-refractivity contribution in [1.29, 1.82) is 0 Å². The molecule has 2 spiro atoms. The molecule has 0 bridgehead atoms. The molecule has 5 amide bonds. The van der Waals surface area contributed by atoms with Crippen molar-refractivity contribution in [3.63, 3.8) is 0 Å². The number of carbonyl (C=O) groups is 5. The van der Waals surface area contributed by atoms with Crippen LogP contribution < -0.4 is 21.4 Å². The normalized spacial score (nSPS) is 33.6. The summed E-state index contributed by atoms with van der Waals surface area (Å²) in [4.78, 5) is 75.9. The number of rotatable bonds is 15. The van der Waals surface area contributed by atoms with Crippen LogP contribution in [0.25, 0.3) is 0 Å². The molecule has 4 N–H and O–H groups in total. The van der Waals surface area contributed by atoms with Gasteiger partial charge < -0.3 is 25.6 Å². The van der Waals surface area contributed by atoms with Crippen molar-refractivity contribution >= 4 is 29.5 Å². The lowest BCUT2D eigenvalue weighted by Crippen LogP contribution is -2.61. The lowest BCUT2D eigenvalue weighted by Gasteiger charge is -2.35. The molecule has 4 saturated carbocycles. The first-order valence-electron chi connectivity index (χ1n) is 23.3. The van der Waals surface area contributed by atoms with Crippen molar-refractivity contribution in [2.45, 2.75) is 159 Å². The van der Waals surface area contributed by atoms with Crippen molar-refractivity contribution in [2.24, 2.45) is 34.0 Å². The third kappa shape index (κ3) is 7.79. The van der Waals surface area contributed by atoms with Crippen molar-refractivity contribution in [3.05, 3.63) is 12.7 Å². The van der Waals surface area contributed by atoms with Gasteiger partial charge in [-0.2, -0.15) is 0 Å². The first-order valence-corrected chi connectivity index (χ1v) is 23.3. The van der Waals surface area contributed by atoms with Gasteiger partial charge in [-0.05, 0) is 113 Å². The second kappa shape index (κ2) is 17.2. The van der Waals surface area contributed by atoms with E-state index in [4.69, 9.17) is 4.74 Å². The van der Waals surface area contributed by atoms with Crippen molar-refractivity contribution in [2.75, 3.05) is 45.9 Å². The van der Waals surface area contributed by atoms with Gasteiger partial charge in [0.1, 0.15) is 23.7 Å². The zero-order chi connectivity index (χ0) is 42.5. The maximum Gasteiger partial charge on any atom is 0.260 e. The highest BCUT2D eigenvalue weighted by atomic mass is 19.3. The molecule has 334 valence electrons. The molecule has 13 nitrogen and oxygen atoms in total. The minimum absolute atomic E-state index is 0.0237. The van der Waals surface area contributed by atoms with E-state index in [9.17, 15) is 28.0 Å². The molecule has 8 fully saturated rings. The average Bonchev–Trinajstić information content (AvgIpc) is 3.58. The van der Waals surface area contributed by atoms with E-state index < -0.39 is 54.5 Å². The molecule has 0 aromatic rings. The van der Waals surface area contributed by atoms with Crippen molar-refractivity contribution < 1.29 is 37.5 Å². The van der Waals surface area contributed by atoms with Crippen LogP contribution in [0, 0.1) is 34.0 Å². The lowest BCUT2D eigenvalue weighted by molar-refractivity contribution is -0.144. The number of halogens is 2. The van der Waals surface area contributed by atoms with E-state index in [1.54, 1.807) is 11.0 Å². The number of hydrazine groups is 1. The summed E-state index contributed by atoms with van der Waals surface area (Å²) in [5.41, 5.74) is 1.54. The van der Waals surface area contributed by atoms with E-state index in [0.29, 0.717) is 58.4 Å². The average molecular weight is 842 g/mol. The second-order valence-corrected chi connectivity index (χ2v) is 20.3. The van der Waals surface area contributed by atoms with E-state index in [1.807, 2.05) is 5.01 Å². The maximum atomic E-state index is 15.4. The van der Waals surface area contributed by atoms with Gasteiger partial charge in [-0.15, -0.1) is 6.58 Å². The van der Waals surface area contributed by atoms with Crippen LogP contribution in [0.15, 0.2) is 12.7 Å². The number of amides is 5. The Kier molecular flexibility index (Phi) is 12.5. The quantitative estimate of drug-likeness (QED) is 0.180. The molecule has 8 rings (SSSR count). The number of nitrogens with one attached hydrogen (secondary N) is 4. The Morgan fingerprint density at radius 1 is 0.817 bits per heavy atom. The molecule has 3 unspecified atom stereocenters. The van der Waals surface area contributed by atoms with Crippen LogP contribution in [0.3, 0.4) is 0 Å². The molecule has 4 saturated heterocycles. The van der Waals surface area contributed by atoms with Gasteiger partial charge in [0.25, 0.3) is 12.3 Å². The molecular weight excluding hydrogens is 773 g/mol. The molecule has 4 heterocycles. The first-order chi connectivity index (χ1) is 28.8. The SMILES string of the molecule is C=C[C@@H]1C[C@]1(NC(=O)C1CC2(CN1C(=O)[C@H](CC1CCOCC1)NC(=O)C(NC(=O)[C@@H]1CCCN1CC(F)F)C1CCCCC1)C(C)(C)C21CCC1)C(=O)NN1CCCC1.